The molecule has 6 heteroatoms. The van der Waals surface area contributed by atoms with Crippen LogP contribution in [0.25, 0.3) is 0 Å². The molecule has 32 heavy (non-hydrogen) atoms. The van der Waals surface area contributed by atoms with Gasteiger partial charge in [-0.15, -0.1) is 0 Å². The Morgan fingerprint density at radius 1 is 0.875 bits per heavy atom. The van der Waals surface area contributed by atoms with E-state index in [9.17, 15) is 9.59 Å². The van der Waals surface area contributed by atoms with E-state index >= 15 is 0 Å². The van der Waals surface area contributed by atoms with Gasteiger partial charge < -0.3 is 14.5 Å². The Morgan fingerprint density at radius 3 is 2.22 bits per heavy atom. The average molecular weight is 499 g/mol. The minimum absolute atomic E-state index is 0.0113. The molecule has 0 aromatic heterocycles. The van der Waals surface area contributed by atoms with E-state index < -0.39 is 0 Å². The molecule has 5 nitrogen and oxygen atoms in total. The summed E-state index contributed by atoms with van der Waals surface area (Å²) in [6.07, 6.45) is 5.81. The number of hydrogen-bond acceptors (Lipinski definition) is 3. The first-order valence-corrected chi connectivity index (χ1v) is 12.4. The number of carbonyl (C=O) groups is 2. The fraction of sp³-hybridized carbons (Fsp3) is 0.462. The van der Waals surface area contributed by atoms with E-state index in [2.05, 4.69) is 33.0 Å². The number of nitrogens with zero attached hydrogens (tertiary/aromatic N) is 2. The SMILES string of the molecule is COc1ccc([C@H]2CCCCCN2C(=O)C2CCN(C(=O)c3ccc(Br)cc3)CC2)cc1. The lowest BCUT2D eigenvalue weighted by Crippen LogP contribution is -2.45. The van der Waals surface area contributed by atoms with Crippen molar-refractivity contribution in [3.05, 3.63) is 64.1 Å². The highest BCUT2D eigenvalue weighted by atomic mass is 79.9. The van der Waals surface area contributed by atoms with Gasteiger partial charge in [0.05, 0.1) is 13.2 Å². The van der Waals surface area contributed by atoms with E-state index in [4.69, 9.17) is 4.74 Å². The molecule has 2 aliphatic heterocycles. The number of likely N-dealkylation sites (tertiary alicyclic amines) is 2. The second-order valence-electron chi connectivity index (χ2n) is 8.74. The first-order chi connectivity index (χ1) is 15.6. The molecule has 2 aromatic carbocycles. The summed E-state index contributed by atoms with van der Waals surface area (Å²) in [6.45, 7) is 2.08. The first-order valence-electron chi connectivity index (χ1n) is 11.6. The van der Waals surface area contributed by atoms with Gasteiger partial charge in [-0.2, -0.15) is 0 Å². The molecule has 2 saturated heterocycles. The third-order valence-electron chi connectivity index (χ3n) is 6.76. The maximum absolute atomic E-state index is 13.6. The second-order valence-corrected chi connectivity index (χ2v) is 9.66. The molecular formula is C26H31BrN2O3. The van der Waals surface area contributed by atoms with Crippen molar-refractivity contribution in [2.24, 2.45) is 5.92 Å². The number of amides is 2. The summed E-state index contributed by atoms with van der Waals surface area (Å²) in [5.41, 5.74) is 1.88. The second kappa shape index (κ2) is 10.5. The van der Waals surface area contributed by atoms with Crippen molar-refractivity contribution >= 4 is 27.7 Å². The highest BCUT2D eigenvalue weighted by Gasteiger charge is 2.34. The lowest BCUT2D eigenvalue weighted by atomic mass is 9.92. The van der Waals surface area contributed by atoms with Crippen LogP contribution in [-0.2, 0) is 4.79 Å². The zero-order valence-electron chi connectivity index (χ0n) is 18.6. The molecule has 2 fully saturated rings. The monoisotopic (exact) mass is 498 g/mol. The number of hydrogen-bond donors (Lipinski definition) is 0. The molecule has 0 bridgehead atoms. The van der Waals surface area contributed by atoms with E-state index in [0.717, 1.165) is 55.3 Å². The van der Waals surface area contributed by atoms with E-state index in [1.54, 1.807) is 7.11 Å². The molecule has 0 spiro atoms. The average Bonchev–Trinajstić information content (AvgIpc) is 3.10. The third kappa shape index (κ3) is 5.17. The van der Waals surface area contributed by atoms with Crippen molar-refractivity contribution in [1.29, 1.82) is 0 Å². The minimum atomic E-state index is -0.0113. The Morgan fingerprint density at radius 2 is 1.56 bits per heavy atom. The lowest BCUT2D eigenvalue weighted by molar-refractivity contribution is -0.139. The summed E-state index contributed by atoms with van der Waals surface area (Å²) < 4.78 is 6.26. The zero-order chi connectivity index (χ0) is 22.5. The van der Waals surface area contributed by atoms with E-state index in [1.807, 2.05) is 41.3 Å². The summed E-state index contributed by atoms with van der Waals surface area (Å²) in [6, 6.07) is 15.7. The predicted molar refractivity (Wildman–Crippen MR) is 129 cm³/mol. The molecule has 2 aromatic rings. The number of carbonyl (C=O) groups excluding carboxylic acids is 2. The van der Waals surface area contributed by atoms with Crippen LogP contribution in [0.15, 0.2) is 53.0 Å². The smallest absolute Gasteiger partial charge is 0.253 e. The Balaban J connectivity index is 1.42. The van der Waals surface area contributed by atoms with Crippen molar-refractivity contribution in [2.75, 3.05) is 26.7 Å². The van der Waals surface area contributed by atoms with Gasteiger partial charge in [-0.3, -0.25) is 9.59 Å². The molecule has 0 unspecified atom stereocenters. The number of rotatable bonds is 4. The molecule has 1 atom stereocenters. The molecule has 0 aliphatic carbocycles. The van der Waals surface area contributed by atoms with E-state index in [0.29, 0.717) is 18.7 Å². The molecular weight excluding hydrogens is 468 g/mol. The maximum Gasteiger partial charge on any atom is 0.253 e. The van der Waals surface area contributed by atoms with E-state index in [-0.39, 0.29) is 23.8 Å². The molecule has 0 radical (unpaired) electrons. The van der Waals surface area contributed by atoms with Crippen molar-refractivity contribution < 1.29 is 14.3 Å². The maximum atomic E-state index is 13.6. The van der Waals surface area contributed by atoms with E-state index in [1.165, 1.54) is 5.56 Å². The number of halogens is 1. The molecule has 0 N–H and O–H groups in total. The fourth-order valence-electron chi connectivity index (χ4n) is 4.88. The highest BCUT2D eigenvalue weighted by molar-refractivity contribution is 9.10. The number of benzene rings is 2. The number of ether oxygens (including phenoxy) is 1. The largest absolute Gasteiger partial charge is 0.497 e. The minimum Gasteiger partial charge on any atom is -0.497 e. The highest BCUT2D eigenvalue weighted by Crippen LogP contribution is 2.34. The Bertz CT molecular complexity index is 921. The first kappa shape index (κ1) is 22.8. The van der Waals surface area contributed by atoms with Gasteiger partial charge in [-0.05, 0) is 67.6 Å². The van der Waals surface area contributed by atoms with Crippen LogP contribution in [0.1, 0.15) is 60.5 Å². The van der Waals surface area contributed by atoms with Crippen LogP contribution >= 0.6 is 15.9 Å². The molecule has 170 valence electrons. The zero-order valence-corrected chi connectivity index (χ0v) is 20.2. The van der Waals surface area contributed by atoms with Crippen molar-refractivity contribution in [1.82, 2.24) is 9.80 Å². The van der Waals surface area contributed by atoms with Gasteiger partial charge >= 0.3 is 0 Å². The third-order valence-corrected chi connectivity index (χ3v) is 7.29. The Hall–Kier alpha value is -2.34. The molecule has 4 rings (SSSR count). The van der Waals surface area contributed by atoms with Gasteiger partial charge in [0, 0.05) is 35.6 Å². The molecule has 2 aliphatic rings. The van der Waals surface area contributed by atoms with Crippen molar-refractivity contribution in [2.45, 2.75) is 44.6 Å². The van der Waals surface area contributed by atoms with Crippen LogP contribution in [0.3, 0.4) is 0 Å². The van der Waals surface area contributed by atoms with Gasteiger partial charge in [0.1, 0.15) is 5.75 Å². The standard InChI is InChI=1S/C26H31BrN2O3/c1-32-23-12-8-19(9-13-23)24-5-3-2-4-16-29(24)26(31)21-14-17-28(18-15-21)25(30)20-6-10-22(27)11-7-20/h6-13,21,24H,2-5,14-18H2,1H3/t24-/m1/s1. The van der Waals surface area contributed by atoms with Crippen molar-refractivity contribution in [3.8, 4) is 5.75 Å². The van der Waals surface area contributed by atoms with Gasteiger partial charge in [-0.25, -0.2) is 0 Å². The van der Waals surface area contributed by atoms with Crippen LogP contribution < -0.4 is 4.74 Å². The lowest BCUT2D eigenvalue weighted by Gasteiger charge is -2.37. The van der Waals surface area contributed by atoms with Gasteiger partial charge in [-0.1, -0.05) is 40.9 Å². The Labute approximate surface area is 198 Å². The molecule has 2 amide bonds. The summed E-state index contributed by atoms with van der Waals surface area (Å²) >= 11 is 3.41. The fourth-order valence-corrected chi connectivity index (χ4v) is 5.15. The van der Waals surface area contributed by atoms with Gasteiger partial charge in [0.25, 0.3) is 5.91 Å². The summed E-state index contributed by atoms with van der Waals surface area (Å²) in [7, 11) is 1.67. The molecule has 2 heterocycles. The van der Waals surface area contributed by atoms with Crippen LogP contribution in [0.5, 0.6) is 5.75 Å². The number of methoxy groups -OCH3 is 1. The van der Waals surface area contributed by atoms with Gasteiger partial charge in [0.2, 0.25) is 5.91 Å². The van der Waals surface area contributed by atoms with Crippen LogP contribution in [0.2, 0.25) is 0 Å². The quantitative estimate of drug-likeness (QED) is 0.562. The Kier molecular flexibility index (Phi) is 7.51. The van der Waals surface area contributed by atoms with Gasteiger partial charge in [0.15, 0.2) is 0 Å². The number of piperidine rings is 1. The molecule has 0 saturated carbocycles. The summed E-state index contributed by atoms with van der Waals surface area (Å²) in [5.74, 6) is 1.13. The van der Waals surface area contributed by atoms with Crippen molar-refractivity contribution in [3.63, 3.8) is 0 Å². The van der Waals surface area contributed by atoms with Crippen LogP contribution in [-0.4, -0.2) is 48.4 Å². The van der Waals surface area contributed by atoms with Crippen LogP contribution in [0, 0.1) is 5.92 Å². The summed E-state index contributed by atoms with van der Waals surface area (Å²) in [5, 5.41) is 0. The topological polar surface area (TPSA) is 49.9 Å². The summed E-state index contributed by atoms with van der Waals surface area (Å²) in [4.78, 5) is 30.4. The predicted octanol–water partition coefficient (Wildman–Crippen LogP) is 5.45. The van der Waals surface area contributed by atoms with Crippen LogP contribution in [0.4, 0.5) is 0 Å². The normalized spacial score (nSPS) is 20.0.